The number of aryl methyl sites for hydroxylation is 2. The van der Waals surface area contributed by atoms with Gasteiger partial charge in [-0.15, -0.1) is 11.3 Å². The predicted octanol–water partition coefficient (Wildman–Crippen LogP) is 3.63. The largest absolute Gasteiger partial charge is 0.323 e. The van der Waals surface area contributed by atoms with E-state index >= 15 is 0 Å². The molecule has 1 heterocycles. The molecule has 0 amide bonds. The van der Waals surface area contributed by atoms with E-state index in [1.165, 1.54) is 36.3 Å². The normalized spacial score (nSPS) is 16.1. The van der Waals surface area contributed by atoms with Gasteiger partial charge in [-0.05, 0) is 49.3 Å². The quantitative estimate of drug-likeness (QED) is 0.926. The molecule has 1 unspecified atom stereocenters. The second kappa shape index (κ2) is 5.43. The van der Waals surface area contributed by atoms with Gasteiger partial charge in [0.15, 0.2) is 0 Å². The molecule has 19 heavy (non-hydrogen) atoms. The van der Waals surface area contributed by atoms with Crippen molar-refractivity contribution in [3.63, 3.8) is 0 Å². The first-order chi connectivity index (χ1) is 9.22. The summed E-state index contributed by atoms with van der Waals surface area (Å²) in [5.41, 5.74) is 11.3. The molecule has 2 N–H and O–H groups in total. The van der Waals surface area contributed by atoms with Gasteiger partial charge in [0.05, 0.1) is 10.7 Å². The van der Waals surface area contributed by atoms with Gasteiger partial charge in [0.2, 0.25) is 0 Å². The molecular formula is C16H20N2S. The van der Waals surface area contributed by atoms with Crippen molar-refractivity contribution in [1.29, 1.82) is 0 Å². The van der Waals surface area contributed by atoms with Gasteiger partial charge >= 0.3 is 0 Å². The van der Waals surface area contributed by atoms with E-state index in [1.54, 1.807) is 22.5 Å². The molecule has 1 aromatic carbocycles. The van der Waals surface area contributed by atoms with E-state index in [4.69, 9.17) is 5.73 Å². The summed E-state index contributed by atoms with van der Waals surface area (Å²) in [6.45, 7) is 1.98. The highest BCUT2D eigenvalue weighted by molar-refractivity contribution is 7.09. The fraction of sp³-hybridized carbons (Fsp3) is 0.438. The standard InChI is InChI=1S/C16H20N2S/c1-11(17)15-10-19-16(18-15)9-12-6-7-13-4-2-3-5-14(13)8-12/h6-8,10-11H,2-5,9,17H2,1H3. The van der Waals surface area contributed by atoms with E-state index < -0.39 is 0 Å². The minimum atomic E-state index is 0.0357. The molecule has 100 valence electrons. The lowest BCUT2D eigenvalue weighted by Crippen LogP contribution is -2.05. The van der Waals surface area contributed by atoms with Crippen LogP contribution in [-0.2, 0) is 19.3 Å². The first kappa shape index (κ1) is 12.8. The van der Waals surface area contributed by atoms with Crippen molar-refractivity contribution in [1.82, 2.24) is 4.98 Å². The molecule has 1 aliphatic rings. The maximum atomic E-state index is 5.86. The number of hydrogen-bond donors (Lipinski definition) is 1. The smallest absolute Gasteiger partial charge is 0.0972 e. The van der Waals surface area contributed by atoms with Gasteiger partial charge in [-0.3, -0.25) is 0 Å². The van der Waals surface area contributed by atoms with Gasteiger partial charge < -0.3 is 5.73 Å². The van der Waals surface area contributed by atoms with Gasteiger partial charge in [0.1, 0.15) is 0 Å². The Morgan fingerprint density at radius 3 is 2.79 bits per heavy atom. The number of benzene rings is 1. The lowest BCUT2D eigenvalue weighted by molar-refractivity contribution is 0.684. The highest BCUT2D eigenvalue weighted by Gasteiger charge is 2.11. The Kier molecular flexibility index (Phi) is 3.67. The van der Waals surface area contributed by atoms with Crippen LogP contribution < -0.4 is 5.73 Å². The molecule has 0 saturated heterocycles. The molecule has 2 aromatic rings. The molecule has 0 fully saturated rings. The molecule has 0 radical (unpaired) electrons. The highest BCUT2D eigenvalue weighted by atomic mass is 32.1. The zero-order valence-corrected chi connectivity index (χ0v) is 12.2. The number of hydrogen-bond acceptors (Lipinski definition) is 3. The van der Waals surface area contributed by atoms with Crippen LogP contribution in [0.1, 0.15) is 53.2 Å². The minimum Gasteiger partial charge on any atom is -0.323 e. The van der Waals surface area contributed by atoms with Crippen LogP contribution in [0.25, 0.3) is 0 Å². The molecule has 0 bridgehead atoms. The molecule has 1 aromatic heterocycles. The SMILES string of the molecule is CC(N)c1csc(Cc2ccc3c(c2)CCCC3)n1. The van der Waals surface area contributed by atoms with Crippen LogP contribution in [0.2, 0.25) is 0 Å². The fourth-order valence-electron chi connectivity index (χ4n) is 2.69. The summed E-state index contributed by atoms with van der Waals surface area (Å²) in [7, 11) is 0. The molecule has 3 heteroatoms. The Labute approximate surface area is 118 Å². The molecule has 1 aliphatic carbocycles. The Balaban J connectivity index is 1.78. The number of thiazole rings is 1. The van der Waals surface area contributed by atoms with Crippen LogP contribution >= 0.6 is 11.3 Å². The lowest BCUT2D eigenvalue weighted by Gasteiger charge is -2.16. The van der Waals surface area contributed by atoms with Crippen LogP contribution in [0.15, 0.2) is 23.6 Å². The van der Waals surface area contributed by atoms with E-state index in [1.807, 2.05) is 6.92 Å². The molecule has 3 rings (SSSR count). The molecule has 0 aliphatic heterocycles. The third-order valence-electron chi connectivity index (χ3n) is 3.80. The predicted molar refractivity (Wildman–Crippen MR) is 80.6 cm³/mol. The van der Waals surface area contributed by atoms with Crippen molar-refractivity contribution in [2.45, 2.75) is 45.1 Å². The first-order valence-corrected chi connectivity index (χ1v) is 7.91. The van der Waals surface area contributed by atoms with E-state index in [0.717, 1.165) is 12.1 Å². The number of aromatic nitrogens is 1. The van der Waals surface area contributed by atoms with Gasteiger partial charge in [0, 0.05) is 17.8 Å². The molecule has 2 nitrogen and oxygen atoms in total. The topological polar surface area (TPSA) is 38.9 Å². The zero-order valence-electron chi connectivity index (χ0n) is 11.4. The van der Waals surface area contributed by atoms with Gasteiger partial charge in [0.25, 0.3) is 0 Å². The van der Waals surface area contributed by atoms with Crippen molar-refractivity contribution in [2.75, 3.05) is 0 Å². The monoisotopic (exact) mass is 272 g/mol. The lowest BCUT2D eigenvalue weighted by atomic mass is 9.90. The number of rotatable bonds is 3. The third-order valence-corrected chi connectivity index (χ3v) is 4.67. The summed E-state index contributed by atoms with van der Waals surface area (Å²) < 4.78 is 0. The second-order valence-corrected chi connectivity index (χ2v) is 6.38. The van der Waals surface area contributed by atoms with Crippen molar-refractivity contribution in [3.05, 3.63) is 51.0 Å². The van der Waals surface area contributed by atoms with Gasteiger partial charge in [-0.25, -0.2) is 4.98 Å². The Morgan fingerprint density at radius 1 is 1.26 bits per heavy atom. The van der Waals surface area contributed by atoms with E-state index in [9.17, 15) is 0 Å². The van der Waals surface area contributed by atoms with Crippen LogP contribution in [0, 0.1) is 0 Å². The number of nitrogens with two attached hydrogens (primary N) is 1. The zero-order chi connectivity index (χ0) is 13.2. The van der Waals surface area contributed by atoms with Crippen LogP contribution in [0.3, 0.4) is 0 Å². The van der Waals surface area contributed by atoms with Crippen molar-refractivity contribution < 1.29 is 0 Å². The van der Waals surface area contributed by atoms with Crippen molar-refractivity contribution in [3.8, 4) is 0 Å². The first-order valence-electron chi connectivity index (χ1n) is 7.03. The van der Waals surface area contributed by atoms with E-state index in [2.05, 4.69) is 28.6 Å². The summed E-state index contributed by atoms with van der Waals surface area (Å²) in [5.74, 6) is 0. The van der Waals surface area contributed by atoms with E-state index in [-0.39, 0.29) is 6.04 Å². The van der Waals surface area contributed by atoms with Gasteiger partial charge in [-0.2, -0.15) is 0 Å². The Hall–Kier alpha value is -1.19. The summed E-state index contributed by atoms with van der Waals surface area (Å²) >= 11 is 1.72. The summed E-state index contributed by atoms with van der Waals surface area (Å²) in [6.07, 6.45) is 6.11. The number of nitrogens with zero attached hydrogens (tertiary/aromatic N) is 1. The molecule has 1 atom stereocenters. The second-order valence-electron chi connectivity index (χ2n) is 5.44. The van der Waals surface area contributed by atoms with Crippen LogP contribution in [-0.4, -0.2) is 4.98 Å². The Morgan fingerprint density at radius 2 is 2.05 bits per heavy atom. The van der Waals surface area contributed by atoms with Crippen molar-refractivity contribution >= 4 is 11.3 Å². The maximum absolute atomic E-state index is 5.86. The average molecular weight is 272 g/mol. The van der Waals surface area contributed by atoms with Crippen molar-refractivity contribution in [2.24, 2.45) is 5.73 Å². The maximum Gasteiger partial charge on any atom is 0.0972 e. The summed E-state index contributed by atoms with van der Waals surface area (Å²) in [6, 6.07) is 6.98. The summed E-state index contributed by atoms with van der Waals surface area (Å²) in [5, 5.41) is 3.25. The van der Waals surface area contributed by atoms with Crippen LogP contribution in [0.4, 0.5) is 0 Å². The third kappa shape index (κ3) is 2.88. The molecular weight excluding hydrogens is 252 g/mol. The fourth-order valence-corrected chi connectivity index (χ4v) is 3.62. The van der Waals surface area contributed by atoms with Gasteiger partial charge in [-0.1, -0.05) is 18.2 Å². The minimum absolute atomic E-state index is 0.0357. The average Bonchev–Trinajstić information content (AvgIpc) is 2.87. The molecule has 0 spiro atoms. The van der Waals surface area contributed by atoms with Crippen LogP contribution in [0.5, 0.6) is 0 Å². The van der Waals surface area contributed by atoms with E-state index in [0.29, 0.717) is 0 Å². The summed E-state index contributed by atoms with van der Waals surface area (Å²) in [4.78, 5) is 4.61. The highest BCUT2D eigenvalue weighted by Crippen LogP contribution is 2.24. The molecule has 0 saturated carbocycles. The Bertz CT molecular complexity index is 572. The number of fused-ring (bicyclic) bond motifs is 1.